The molecule has 0 atom stereocenters. The van der Waals surface area contributed by atoms with Crippen LogP contribution < -0.4 is 4.90 Å². The van der Waals surface area contributed by atoms with E-state index in [-0.39, 0.29) is 29.6 Å². The number of aryl methyl sites for hydroxylation is 1. The van der Waals surface area contributed by atoms with Gasteiger partial charge in [-0.2, -0.15) is 17.5 Å². The van der Waals surface area contributed by atoms with Crippen molar-refractivity contribution in [2.75, 3.05) is 37.6 Å². The number of carbonyl (C=O) groups is 1. The third-order valence-corrected chi connectivity index (χ3v) is 9.03. The Balaban J connectivity index is 1.50. The molecular weight excluding hydrogens is 574 g/mol. The van der Waals surface area contributed by atoms with E-state index in [4.69, 9.17) is 23.2 Å². The lowest BCUT2D eigenvalue weighted by molar-refractivity contribution is -0.137. The van der Waals surface area contributed by atoms with Crippen molar-refractivity contribution < 1.29 is 26.4 Å². The molecule has 0 saturated carbocycles. The number of halogens is 5. The zero-order valence-electron chi connectivity index (χ0n) is 21.0. The summed E-state index contributed by atoms with van der Waals surface area (Å²) < 4.78 is 67.6. The lowest BCUT2D eigenvalue weighted by Crippen LogP contribution is -2.51. The van der Waals surface area contributed by atoms with Crippen molar-refractivity contribution in [1.29, 1.82) is 0 Å². The van der Waals surface area contributed by atoms with Crippen molar-refractivity contribution in [3.05, 3.63) is 93.5 Å². The fourth-order valence-corrected chi connectivity index (χ4v) is 5.97. The van der Waals surface area contributed by atoms with Crippen LogP contribution in [0.5, 0.6) is 0 Å². The van der Waals surface area contributed by atoms with Crippen molar-refractivity contribution in [3.8, 4) is 0 Å². The quantitative estimate of drug-likeness (QED) is 0.341. The second-order valence-corrected chi connectivity index (χ2v) is 12.0. The highest BCUT2D eigenvalue weighted by Gasteiger charge is 2.32. The average molecular weight is 600 g/mol. The van der Waals surface area contributed by atoms with Crippen molar-refractivity contribution in [2.45, 2.75) is 24.5 Å². The van der Waals surface area contributed by atoms with Crippen LogP contribution in [0.25, 0.3) is 0 Å². The monoisotopic (exact) mass is 599 g/mol. The van der Waals surface area contributed by atoms with Gasteiger partial charge in [-0.05, 0) is 55.0 Å². The van der Waals surface area contributed by atoms with Gasteiger partial charge in [-0.15, -0.1) is 0 Å². The Hall–Kier alpha value is -2.79. The van der Waals surface area contributed by atoms with Gasteiger partial charge < -0.3 is 9.80 Å². The number of nitrogens with zero attached hydrogens (tertiary/aromatic N) is 3. The van der Waals surface area contributed by atoms with Crippen LogP contribution >= 0.6 is 23.2 Å². The van der Waals surface area contributed by atoms with Crippen molar-refractivity contribution >= 4 is 44.8 Å². The Labute approximate surface area is 235 Å². The van der Waals surface area contributed by atoms with E-state index >= 15 is 0 Å². The van der Waals surface area contributed by atoms with Crippen LogP contribution in [0.15, 0.2) is 71.6 Å². The molecule has 0 radical (unpaired) electrons. The summed E-state index contributed by atoms with van der Waals surface area (Å²) >= 11 is 12.1. The molecule has 6 nitrogen and oxygen atoms in total. The van der Waals surface area contributed by atoms with Gasteiger partial charge in [0.25, 0.3) is 0 Å². The molecule has 0 aromatic heterocycles. The molecule has 4 rings (SSSR count). The molecule has 1 heterocycles. The van der Waals surface area contributed by atoms with Crippen molar-refractivity contribution in [2.24, 2.45) is 0 Å². The van der Waals surface area contributed by atoms with Crippen LogP contribution in [-0.4, -0.2) is 56.3 Å². The van der Waals surface area contributed by atoms with Gasteiger partial charge in [-0.3, -0.25) is 4.79 Å². The first-order valence-corrected chi connectivity index (χ1v) is 14.2. The molecule has 0 unspecified atom stereocenters. The van der Waals surface area contributed by atoms with Gasteiger partial charge in [-0.1, -0.05) is 53.0 Å². The van der Waals surface area contributed by atoms with E-state index in [2.05, 4.69) is 0 Å². The molecular formula is C27H26Cl2F3N3O3S. The summed E-state index contributed by atoms with van der Waals surface area (Å²) in [6.45, 7) is 2.41. The van der Waals surface area contributed by atoms with Gasteiger partial charge in [0.15, 0.2) is 0 Å². The molecule has 1 aliphatic heterocycles. The van der Waals surface area contributed by atoms with Crippen molar-refractivity contribution in [3.63, 3.8) is 0 Å². The van der Waals surface area contributed by atoms with E-state index in [0.717, 1.165) is 22.0 Å². The van der Waals surface area contributed by atoms with Gasteiger partial charge in [-0.25, -0.2) is 8.42 Å². The van der Waals surface area contributed by atoms with E-state index in [1.165, 1.54) is 23.1 Å². The van der Waals surface area contributed by atoms with E-state index in [9.17, 15) is 26.4 Å². The topological polar surface area (TPSA) is 60.9 Å². The molecule has 3 aromatic carbocycles. The van der Waals surface area contributed by atoms with E-state index in [0.29, 0.717) is 29.4 Å². The zero-order chi connectivity index (χ0) is 28.4. The van der Waals surface area contributed by atoms with E-state index in [1.807, 2.05) is 6.92 Å². The first kappa shape index (κ1) is 29.2. The molecule has 0 bridgehead atoms. The predicted molar refractivity (Wildman–Crippen MR) is 145 cm³/mol. The van der Waals surface area contributed by atoms with Crippen LogP contribution in [0.3, 0.4) is 0 Å². The van der Waals surface area contributed by atoms with E-state index < -0.39 is 34.2 Å². The lowest BCUT2D eigenvalue weighted by Gasteiger charge is -2.37. The number of sulfonamides is 1. The number of hydrogen-bond donors (Lipinski definition) is 0. The molecule has 208 valence electrons. The molecule has 1 amide bonds. The highest BCUT2D eigenvalue weighted by molar-refractivity contribution is 7.89. The SMILES string of the molecule is Cc1ccc(S(=O)(=O)N(CC(=O)N2CCN(c3cccc(C(F)(F)F)c3)CC2)Cc2ccc(Cl)c(Cl)c2)cc1. The number of hydrogen-bond acceptors (Lipinski definition) is 4. The van der Waals surface area contributed by atoms with Gasteiger partial charge in [0, 0.05) is 38.4 Å². The second-order valence-electron chi connectivity index (χ2n) is 9.25. The number of piperazine rings is 1. The molecule has 1 fully saturated rings. The minimum Gasteiger partial charge on any atom is -0.368 e. The van der Waals surface area contributed by atoms with Gasteiger partial charge in [0.1, 0.15) is 0 Å². The lowest BCUT2D eigenvalue weighted by atomic mass is 10.1. The largest absolute Gasteiger partial charge is 0.416 e. The third-order valence-electron chi connectivity index (χ3n) is 6.48. The van der Waals surface area contributed by atoms with Gasteiger partial charge in [0.05, 0.1) is 27.0 Å². The summed E-state index contributed by atoms with van der Waals surface area (Å²) in [6, 6.07) is 16.2. The summed E-state index contributed by atoms with van der Waals surface area (Å²) in [5.74, 6) is -0.408. The maximum absolute atomic E-state index is 13.6. The summed E-state index contributed by atoms with van der Waals surface area (Å²) in [6.07, 6.45) is -4.45. The molecule has 3 aromatic rings. The normalized spacial score (nSPS) is 14.6. The zero-order valence-corrected chi connectivity index (χ0v) is 23.3. The van der Waals surface area contributed by atoms with Crippen LogP contribution in [0, 0.1) is 6.92 Å². The number of amides is 1. The first-order chi connectivity index (χ1) is 18.3. The molecule has 1 aliphatic rings. The minimum atomic E-state index is -4.45. The standard InChI is InChI=1S/C27H26Cl2F3N3O3S/c1-19-5-8-23(9-6-19)39(37,38)35(17-20-7-10-24(28)25(29)15-20)18-26(36)34-13-11-33(12-14-34)22-4-2-3-21(16-22)27(30,31)32/h2-10,15-16H,11-14,17-18H2,1H3. The fourth-order valence-electron chi connectivity index (χ4n) is 4.27. The molecule has 39 heavy (non-hydrogen) atoms. The maximum atomic E-state index is 13.6. The highest BCUT2D eigenvalue weighted by atomic mass is 35.5. The van der Waals surface area contributed by atoms with Gasteiger partial charge in [0.2, 0.25) is 15.9 Å². The summed E-state index contributed by atoms with van der Waals surface area (Å²) in [4.78, 5) is 16.6. The maximum Gasteiger partial charge on any atom is 0.416 e. The minimum absolute atomic E-state index is 0.0512. The summed E-state index contributed by atoms with van der Waals surface area (Å²) in [7, 11) is -4.05. The average Bonchev–Trinajstić information content (AvgIpc) is 2.90. The number of alkyl halides is 3. The molecule has 0 spiro atoms. The van der Waals surface area contributed by atoms with Crippen molar-refractivity contribution in [1.82, 2.24) is 9.21 Å². The smallest absolute Gasteiger partial charge is 0.368 e. The Morgan fingerprint density at radius 3 is 2.21 bits per heavy atom. The Kier molecular flexibility index (Phi) is 8.80. The number of benzene rings is 3. The predicted octanol–water partition coefficient (Wildman–Crippen LogP) is 5.86. The molecule has 12 heteroatoms. The molecule has 0 N–H and O–H groups in total. The molecule has 1 saturated heterocycles. The fraction of sp³-hybridized carbons (Fsp3) is 0.296. The van der Waals surface area contributed by atoms with E-state index in [1.54, 1.807) is 41.3 Å². The van der Waals surface area contributed by atoms with Crippen LogP contribution in [0.4, 0.5) is 18.9 Å². The second kappa shape index (κ2) is 11.8. The number of rotatable bonds is 7. The Bertz CT molecular complexity index is 1440. The molecule has 0 aliphatic carbocycles. The van der Waals surface area contributed by atoms with Crippen LogP contribution in [-0.2, 0) is 27.5 Å². The first-order valence-electron chi connectivity index (χ1n) is 12.1. The summed E-state index contributed by atoms with van der Waals surface area (Å²) in [5.41, 5.74) is 1.12. The third kappa shape index (κ3) is 7.05. The number of carbonyl (C=O) groups excluding carboxylic acids is 1. The number of anilines is 1. The van der Waals surface area contributed by atoms with Gasteiger partial charge >= 0.3 is 6.18 Å². The highest BCUT2D eigenvalue weighted by Crippen LogP contribution is 2.32. The Morgan fingerprint density at radius 1 is 0.923 bits per heavy atom. The summed E-state index contributed by atoms with van der Waals surface area (Å²) in [5, 5.41) is 0.585. The van der Waals surface area contributed by atoms with Crippen LogP contribution in [0.2, 0.25) is 10.0 Å². The van der Waals surface area contributed by atoms with Crippen LogP contribution in [0.1, 0.15) is 16.7 Å². The Morgan fingerprint density at radius 2 is 1.59 bits per heavy atom.